The molecule has 16 aromatic carbocycles. The minimum Gasteiger partial charge on any atom is -0.355 e. The largest absolute Gasteiger partial charge is 0.355 e. The molecule has 16 aromatic rings. The molecule has 0 saturated heterocycles. The van der Waals surface area contributed by atoms with Crippen LogP contribution in [0, 0.1) is 6.92 Å². The Labute approximate surface area is 663 Å². The summed E-state index contributed by atoms with van der Waals surface area (Å²) in [5.74, 6) is 0. The van der Waals surface area contributed by atoms with Gasteiger partial charge < -0.3 is 10.2 Å². The van der Waals surface area contributed by atoms with Crippen molar-refractivity contribution in [3.63, 3.8) is 0 Å². The van der Waals surface area contributed by atoms with Crippen LogP contribution < -0.4 is 10.2 Å². The summed E-state index contributed by atoms with van der Waals surface area (Å²) in [6, 6.07) is 128. The second-order valence-electron chi connectivity index (χ2n) is 23.2. The fourth-order valence-corrected chi connectivity index (χ4v) is 12.8. The molecule has 469 valence electrons. The number of anilines is 5. The first-order valence-electron chi connectivity index (χ1n) is 31.4. The van der Waals surface area contributed by atoms with E-state index < -0.39 is 0 Å². The van der Waals surface area contributed by atoms with Crippen molar-refractivity contribution in [3.8, 4) is 66.8 Å². The molecule has 0 heterocycles. The Hall–Kier alpha value is -7.95. The molecule has 0 aromatic heterocycles. The third kappa shape index (κ3) is 17.0. The van der Waals surface area contributed by atoms with Crippen LogP contribution in [0.25, 0.3) is 110 Å². The Morgan fingerprint density at radius 1 is 0.255 bits per heavy atom. The van der Waals surface area contributed by atoms with E-state index in [9.17, 15) is 0 Å². The van der Waals surface area contributed by atoms with Crippen LogP contribution in [0.15, 0.2) is 364 Å². The first-order chi connectivity index (χ1) is 45.8. The van der Waals surface area contributed by atoms with E-state index in [0.717, 1.165) is 49.6 Å². The monoisotopic (exact) mass is 1530 g/mol. The zero-order valence-electron chi connectivity index (χ0n) is 53.1. The molecule has 0 unspecified atom stereocenters. The van der Waals surface area contributed by atoms with Gasteiger partial charge in [-0.2, -0.15) is 0 Å². The van der Waals surface area contributed by atoms with Gasteiger partial charge in [-0.05, 0) is 179 Å². The molecule has 0 spiro atoms. The maximum Gasteiger partial charge on any atom is 0.0540 e. The van der Waals surface area contributed by atoms with Crippen molar-refractivity contribution in [1.82, 2.24) is 0 Å². The van der Waals surface area contributed by atoms with Crippen LogP contribution in [0.2, 0.25) is 10.0 Å². The van der Waals surface area contributed by atoms with E-state index in [2.05, 4.69) is 351 Å². The van der Waals surface area contributed by atoms with E-state index in [1.165, 1.54) is 104 Å². The standard InChI is InChI=1S/C45H33N.C22H14Cl2.C22H17N.2CH4.3Y/c1-32-18-20-37(21-19-32)43-31-26-36-13-6-8-16-42(36)45(43)38-24-29-40(30-25-38)46(44-17-9-14-35-12-5-7-15-41(35)44)39-27-22-34(23-28-39)33-10-3-2-4-11-33;23-18-10-5-16(6-11-18)21-14-9-15-3-1-2-4-20(15)22(21)17-7-12-19(24)13-8-17;1-2-7-17(8-3-1)18-13-15-20(16-14-18)23-22-12-6-10-19-9-4-5-11-21(19)22;;;;;/h2-31H,1H3;1-14H;1-16,23H;2*1H4;;;. The Balaban J connectivity index is 0.000000183. The van der Waals surface area contributed by atoms with Crippen LogP contribution >= 0.6 is 23.2 Å². The third-order valence-corrected chi connectivity index (χ3v) is 17.7. The summed E-state index contributed by atoms with van der Waals surface area (Å²) >= 11 is 12.1. The Bertz CT molecular complexity index is 5220. The van der Waals surface area contributed by atoms with Crippen molar-refractivity contribution in [2.45, 2.75) is 21.8 Å². The molecule has 7 heteroatoms. The molecule has 1 N–H and O–H groups in total. The quantitative estimate of drug-likeness (QED) is 0.139. The van der Waals surface area contributed by atoms with Gasteiger partial charge in [-0.3, -0.25) is 0 Å². The normalized spacial score (nSPS) is 10.4. The second kappa shape index (κ2) is 35.2. The predicted octanol–water partition coefficient (Wildman–Crippen LogP) is 27.8. The van der Waals surface area contributed by atoms with Gasteiger partial charge in [-0.25, -0.2) is 0 Å². The Kier molecular flexibility index (Phi) is 26.7. The van der Waals surface area contributed by atoms with Gasteiger partial charge in [0.25, 0.3) is 0 Å². The molecule has 0 bridgehead atoms. The van der Waals surface area contributed by atoms with E-state index in [4.69, 9.17) is 23.2 Å². The number of rotatable bonds is 11. The van der Waals surface area contributed by atoms with Crippen molar-refractivity contribution in [2.24, 2.45) is 0 Å². The van der Waals surface area contributed by atoms with Gasteiger partial charge in [-0.1, -0.05) is 335 Å². The number of nitrogens with one attached hydrogen (secondary N) is 1. The minimum atomic E-state index is 0. The molecular weight excluding hydrogens is 1460 g/mol. The first kappa shape index (κ1) is 74.3. The fourth-order valence-electron chi connectivity index (χ4n) is 12.5. The summed E-state index contributed by atoms with van der Waals surface area (Å²) in [6.45, 7) is 2.14. The maximum atomic E-state index is 6.08. The molecular formula is C91H72Cl2N2Y3. The third-order valence-electron chi connectivity index (χ3n) is 17.2. The number of halogens is 2. The molecule has 0 atom stereocenters. The van der Waals surface area contributed by atoms with Gasteiger partial charge in [0.15, 0.2) is 0 Å². The molecule has 98 heavy (non-hydrogen) atoms. The molecule has 0 amide bonds. The summed E-state index contributed by atoms with van der Waals surface area (Å²) in [5, 5.41) is 14.9. The minimum absolute atomic E-state index is 0. The number of fused-ring (bicyclic) bond motifs is 4. The van der Waals surface area contributed by atoms with E-state index in [1.807, 2.05) is 30.3 Å². The van der Waals surface area contributed by atoms with Crippen LogP contribution in [0.1, 0.15) is 20.4 Å². The van der Waals surface area contributed by atoms with Crippen molar-refractivity contribution < 1.29 is 98.1 Å². The van der Waals surface area contributed by atoms with Crippen LogP contribution in [-0.4, -0.2) is 0 Å². The fraction of sp³-hybridized carbons (Fsp3) is 0.0330. The summed E-state index contributed by atoms with van der Waals surface area (Å²) in [7, 11) is 0. The molecule has 0 aliphatic rings. The maximum absolute atomic E-state index is 6.08. The van der Waals surface area contributed by atoms with Gasteiger partial charge in [0.05, 0.1) is 5.69 Å². The molecule has 2 nitrogen and oxygen atoms in total. The zero-order valence-corrected chi connectivity index (χ0v) is 63.1. The summed E-state index contributed by atoms with van der Waals surface area (Å²) in [4.78, 5) is 2.38. The predicted molar refractivity (Wildman–Crippen MR) is 415 cm³/mol. The van der Waals surface area contributed by atoms with E-state index in [1.54, 1.807) is 0 Å². The first-order valence-corrected chi connectivity index (χ1v) is 32.2. The number of hydrogen-bond donors (Lipinski definition) is 1. The van der Waals surface area contributed by atoms with E-state index in [0.29, 0.717) is 0 Å². The van der Waals surface area contributed by atoms with Gasteiger partial charge in [0.1, 0.15) is 0 Å². The Morgan fingerprint density at radius 3 is 1.05 bits per heavy atom. The summed E-state index contributed by atoms with van der Waals surface area (Å²) in [5.41, 5.74) is 21.4. The smallest absolute Gasteiger partial charge is 0.0540 e. The van der Waals surface area contributed by atoms with E-state index >= 15 is 0 Å². The average molecular weight is 1530 g/mol. The van der Waals surface area contributed by atoms with Crippen molar-refractivity contribution in [1.29, 1.82) is 0 Å². The average Bonchev–Trinajstić information content (AvgIpc) is 0.777. The molecule has 16 rings (SSSR count). The van der Waals surface area contributed by atoms with Gasteiger partial charge in [-0.15, -0.1) is 0 Å². The summed E-state index contributed by atoms with van der Waals surface area (Å²) < 4.78 is 0. The number of benzene rings is 16. The zero-order chi connectivity index (χ0) is 62.9. The van der Waals surface area contributed by atoms with Gasteiger partial charge in [0, 0.05) is 142 Å². The van der Waals surface area contributed by atoms with Gasteiger partial charge >= 0.3 is 0 Å². The topological polar surface area (TPSA) is 15.3 Å². The molecule has 0 saturated carbocycles. The SMILES string of the molecule is C.C.Cc1ccc(-c2ccc3ccccc3c2-c2ccc(N(c3ccc(-c4ccccc4)cc3)c3cccc4ccccc34)cc2)cc1.Clc1ccc(-c2ccc3ccccc3c2-c2ccc(Cl)cc2)cc1.[Y].[Y].[Y].c1ccc(-c2ccc(Nc3cccc4ccccc34)cc2)cc1. The Morgan fingerprint density at radius 2 is 0.582 bits per heavy atom. The molecule has 0 aliphatic carbocycles. The van der Waals surface area contributed by atoms with Crippen molar-refractivity contribution in [3.05, 3.63) is 380 Å². The van der Waals surface area contributed by atoms with Crippen LogP contribution in [0.4, 0.5) is 28.4 Å². The second-order valence-corrected chi connectivity index (χ2v) is 24.1. The van der Waals surface area contributed by atoms with E-state index in [-0.39, 0.29) is 113 Å². The van der Waals surface area contributed by atoms with Crippen LogP contribution in [0.3, 0.4) is 0 Å². The van der Waals surface area contributed by atoms with Crippen molar-refractivity contribution >= 4 is 94.7 Å². The van der Waals surface area contributed by atoms with Gasteiger partial charge in [0.2, 0.25) is 0 Å². The molecule has 3 radical (unpaired) electrons. The molecule has 0 aliphatic heterocycles. The van der Waals surface area contributed by atoms with Crippen LogP contribution in [-0.2, 0) is 98.1 Å². The summed E-state index contributed by atoms with van der Waals surface area (Å²) in [6.07, 6.45) is 0. The number of aryl methyl sites for hydroxylation is 1. The molecule has 0 fully saturated rings. The van der Waals surface area contributed by atoms with Crippen LogP contribution in [0.5, 0.6) is 0 Å². The number of hydrogen-bond acceptors (Lipinski definition) is 2. The van der Waals surface area contributed by atoms with Crippen molar-refractivity contribution in [2.75, 3.05) is 10.2 Å². The number of nitrogens with zero attached hydrogens (tertiary/aromatic N) is 1.